The molecule has 0 aliphatic heterocycles. The molecule has 0 radical (unpaired) electrons. The summed E-state index contributed by atoms with van der Waals surface area (Å²) in [6.45, 7) is 9.43. The summed E-state index contributed by atoms with van der Waals surface area (Å²) in [5, 5.41) is 4.08. The first-order valence-electron chi connectivity index (χ1n) is 6.73. The third-order valence-corrected chi connectivity index (χ3v) is 3.86. The lowest BCUT2D eigenvalue weighted by atomic mass is 9.82. The van der Waals surface area contributed by atoms with E-state index in [1.807, 2.05) is 30.5 Å². The highest BCUT2D eigenvalue weighted by molar-refractivity contribution is 5.98. The maximum Gasteiger partial charge on any atom is 0.251 e. The predicted octanol–water partition coefficient (Wildman–Crippen LogP) is 3.58. The molecule has 0 bridgehead atoms. The molecule has 2 N–H and O–H groups in total. The Hall–Kier alpha value is -1.77. The van der Waals surface area contributed by atoms with Crippen LogP contribution in [0.5, 0.6) is 0 Å². The van der Waals surface area contributed by atoms with Gasteiger partial charge in [-0.1, -0.05) is 27.7 Å². The Labute approximate surface area is 114 Å². The fourth-order valence-electron chi connectivity index (χ4n) is 1.85. The smallest absolute Gasteiger partial charge is 0.251 e. The van der Waals surface area contributed by atoms with Crippen molar-refractivity contribution < 1.29 is 4.79 Å². The maximum atomic E-state index is 12.1. The van der Waals surface area contributed by atoms with Crippen LogP contribution in [0.3, 0.4) is 0 Å². The van der Waals surface area contributed by atoms with E-state index in [1.165, 1.54) is 0 Å². The van der Waals surface area contributed by atoms with E-state index in [1.54, 1.807) is 0 Å². The summed E-state index contributed by atoms with van der Waals surface area (Å²) in [6, 6.07) is 7.69. The van der Waals surface area contributed by atoms with Gasteiger partial charge in [-0.25, -0.2) is 0 Å². The third-order valence-electron chi connectivity index (χ3n) is 3.86. The number of nitrogens with one attached hydrogen (secondary N) is 2. The first-order valence-corrected chi connectivity index (χ1v) is 6.73. The fourth-order valence-corrected chi connectivity index (χ4v) is 1.85. The summed E-state index contributed by atoms with van der Waals surface area (Å²) in [7, 11) is 0. The Kier molecular flexibility index (Phi) is 3.65. The number of aromatic nitrogens is 1. The molecule has 0 fully saturated rings. The average Bonchev–Trinajstić information content (AvgIpc) is 2.81. The van der Waals surface area contributed by atoms with Gasteiger partial charge in [-0.05, 0) is 35.6 Å². The molecule has 0 spiro atoms. The van der Waals surface area contributed by atoms with Gasteiger partial charge in [-0.3, -0.25) is 4.79 Å². The second-order valence-corrected chi connectivity index (χ2v) is 6.26. The van der Waals surface area contributed by atoms with Crippen molar-refractivity contribution in [3.05, 3.63) is 36.0 Å². The molecule has 2 rings (SSSR count). The summed E-state index contributed by atoms with van der Waals surface area (Å²) in [6.07, 6.45) is 1.88. The van der Waals surface area contributed by atoms with Crippen LogP contribution in [0.2, 0.25) is 0 Å². The number of carbonyl (C=O) groups is 1. The van der Waals surface area contributed by atoms with Crippen LogP contribution < -0.4 is 5.32 Å². The number of amides is 1. The molecule has 1 heterocycles. The fraction of sp³-hybridized carbons (Fsp3) is 0.438. The SMILES string of the molecule is CC(CNC(=O)c1ccc2[nH]ccc2c1)C(C)(C)C. The van der Waals surface area contributed by atoms with E-state index in [0.29, 0.717) is 18.0 Å². The summed E-state index contributed by atoms with van der Waals surface area (Å²) < 4.78 is 0. The van der Waals surface area contributed by atoms with Crippen LogP contribution in [0.4, 0.5) is 0 Å². The van der Waals surface area contributed by atoms with Crippen LogP contribution in [0.15, 0.2) is 30.5 Å². The molecule has 3 nitrogen and oxygen atoms in total. The largest absolute Gasteiger partial charge is 0.361 e. The first kappa shape index (κ1) is 13.7. The number of fused-ring (bicyclic) bond motifs is 1. The van der Waals surface area contributed by atoms with E-state index in [-0.39, 0.29) is 11.3 Å². The van der Waals surface area contributed by atoms with E-state index in [0.717, 1.165) is 10.9 Å². The second-order valence-electron chi connectivity index (χ2n) is 6.26. The Morgan fingerprint density at radius 1 is 1.32 bits per heavy atom. The zero-order chi connectivity index (χ0) is 14.0. The minimum atomic E-state index is -0.000741. The summed E-state index contributed by atoms with van der Waals surface area (Å²) in [4.78, 5) is 15.2. The highest BCUT2D eigenvalue weighted by Gasteiger charge is 2.20. The van der Waals surface area contributed by atoms with Crippen molar-refractivity contribution >= 4 is 16.8 Å². The third kappa shape index (κ3) is 3.16. The van der Waals surface area contributed by atoms with Gasteiger partial charge in [0.25, 0.3) is 5.91 Å². The molecule has 102 valence electrons. The topological polar surface area (TPSA) is 44.9 Å². The van der Waals surface area contributed by atoms with Crippen LogP contribution in [0.25, 0.3) is 10.9 Å². The van der Waals surface area contributed by atoms with E-state index < -0.39 is 0 Å². The van der Waals surface area contributed by atoms with Crippen molar-refractivity contribution in [1.29, 1.82) is 0 Å². The van der Waals surface area contributed by atoms with Crippen molar-refractivity contribution in [1.82, 2.24) is 10.3 Å². The molecule has 19 heavy (non-hydrogen) atoms. The average molecular weight is 258 g/mol. The Morgan fingerprint density at radius 2 is 2.05 bits per heavy atom. The highest BCUT2D eigenvalue weighted by atomic mass is 16.1. The monoisotopic (exact) mass is 258 g/mol. The summed E-state index contributed by atoms with van der Waals surface area (Å²) >= 11 is 0. The lowest BCUT2D eigenvalue weighted by Gasteiger charge is -2.27. The Bertz CT molecular complexity index is 578. The van der Waals surface area contributed by atoms with E-state index in [9.17, 15) is 4.79 Å². The van der Waals surface area contributed by atoms with Crippen molar-refractivity contribution in [3.63, 3.8) is 0 Å². The molecule has 1 unspecified atom stereocenters. The molecule has 1 atom stereocenters. The van der Waals surface area contributed by atoms with Crippen molar-refractivity contribution in [2.24, 2.45) is 11.3 Å². The van der Waals surface area contributed by atoms with Gasteiger partial charge in [0.2, 0.25) is 0 Å². The first-order chi connectivity index (χ1) is 8.88. The summed E-state index contributed by atoms with van der Waals surface area (Å²) in [5.74, 6) is 0.437. The number of H-pyrrole nitrogens is 1. The number of rotatable bonds is 3. The van der Waals surface area contributed by atoms with Gasteiger partial charge in [0.1, 0.15) is 0 Å². The Balaban J connectivity index is 2.03. The number of hydrogen-bond donors (Lipinski definition) is 2. The minimum absolute atomic E-state index is 0.000741. The number of hydrogen-bond acceptors (Lipinski definition) is 1. The molecule has 1 amide bonds. The van der Waals surface area contributed by atoms with E-state index in [4.69, 9.17) is 0 Å². The molecule has 0 saturated heterocycles. The molecule has 3 heteroatoms. The van der Waals surface area contributed by atoms with Crippen LogP contribution >= 0.6 is 0 Å². The van der Waals surface area contributed by atoms with Crippen molar-refractivity contribution in [2.75, 3.05) is 6.54 Å². The van der Waals surface area contributed by atoms with Gasteiger partial charge in [-0.2, -0.15) is 0 Å². The van der Waals surface area contributed by atoms with Crippen molar-refractivity contribution in [2.45, 2.75) is 27.7 Å². The van der Waals surface area contributed by atoms with Gasteiger partial charge in [-0.15, -0.1) is 0 Å². The maximum absolute atomic E-state index is 12.1. The van der Waals surface area contributed by atoms with Crippen LogP contribution in [0.1, 0.15) is 38.1 Å². The zero-order valence-electron chi connectivity index (χ0n) is 12.1. The lowest BCUT2D eigenvalue weighted by Crippen LogP contribution is -2.33. The van der Waals surface area contributed by atoms with Crippen LogP contribution in [-0.2, 0) is 0 Å². The highest BCUT2D eigenvalue weighted by Crippen LogP contribution is 2.24. The van der Waals surface area contributed by atoms with Crippen molar-refractivity contribution in [3.8, 4) is 0 Å². The standard InChI is InChI=1S/C16H22N2O/c1-11(16(2,3)4)10-18-15(19)13-5-6-14-12(9-13)7-8-17-14/h5-9,11,17H,10H2,1-4H3,(H,18,19). The van der Waals surface area contributed by atoms with Crippen LogP contribution in [-0.4, -0.2) is 17.4 Å². The minimum Gasteiger partial charge on any atom is -0.361 e. The van der Waals surface area contributed by atoms with E-state index in [2.05, 4.69) is 38.0 Å². The lowest BCUT2D eigenvalue weighted by molar-refractivity contribution is 0.0937. The molecule has 0 aliphatic rings. The number of benzene rings is 1. The van der Waals surface area contributed by atoms with Gasteiger partial charge in [0.05, 0.1) is 0 Å². The predicted molar refractivity (Wildman–Crippen MR) is 79.3 cm³/mol. The quantitative estimate of drug-likeness (QED) is 0.868. The molecule has 2 aromatic rings. The number of carbonyl (C=O) groups excluding carboxylic acids is 1. The van der Waals surface area contributed by atoms with Gasteiger partial charge in [0, 0.05) is 29.2 Å². The number of aromatic amines is 1. The van der Waals surface area contributed by atoms with Crippen LogP contribution in [0, 0.1) is 11.3 Å². The zero-order valence-corrected chi connectivity index (χ0v) is 12.1. The molecule has 0 saturated carbocycles. The normalized spacial score (nSPS) is 13.5. The van der Waals surface area contributed by atoms with Gasteiger partial charge in [0.15, 0.2) is 0 Å². The van der Waals surface area contributed by atoms with E-state index >= 15 is 0 Å². The Morgan fingerprint density at radius 3 is 2.74 bits per heavy atom. The molecule has 1 aromatic heterocycles. The van der Waals surface area contributed by atoms with Gasteiger partial charge >= 0.3 is 0 Å². The summed E-state index contributed by atoms with van der Waals surface area (Å²) in [5.41, 5.74) is 1.98. The molecular formula is C16H22N2O. The molecule has 1 aromatic carbocycles. The molecular weight excluding hydrogens is 236 g/mol. The molecule has 0 aliphatic carbocycles. The second kappa shape index (κ2) is 5.08. The van der Waals surface area contributed by atoms with Gasteiger partial charge < -0.3 is 10.3 Å².